The number of thioether (sulfide) groups is 1. The maximum absolute atomic E-state index is 14.2. The Labute approximate surface area is 186 Å². The first-order valence-electron chi connectivity index (χ1n) is 9.17. The van der Waals surface area contributed by atoms with Gasteiger partial charge < -0.3 is 9.47 Å². The van der Waals surface area contributed by atoms with Gasteiger partial charge in [-0.05, 0) is 30.3 Å². The van der Waals surface area contributed by atoms with E-state index in [9.17, 15) is 14.0 Å². The van der Waals surface area contributed by atoms with Gasteiger partial charge in [0.2, 0.25) is 5.88 Å². The van der Waals surface area contributed by atoms with E-state index in [1.165, 1.54) is 40.7 Å². The molecule has 7 nitrogen and oxygen atoms in total. The number of thiocarbonyl (C=S) groups is 1. The zero-order valence-electron chi connectivity index (χ0n) is 16.3. The Morgan fingerprint density at radius 1 is 1.19 bits per heavy atom. The monoisotopic (exact) mass is 457 g/mol. The highest BCUT2D eigenvalue weighted by atomic mass is 32.2. The van der Waals surface area contributed by atoms with Crippen LogP contribution in [0.5, 0.6) is 11.6 Å². The van der Waals surface area contributed by atoms with Crippen LogP contribution in [0.15, 0.2) is 58.4 Å². The number of halogens is 1. The molecule has 1 fully saturated rings. The first kappa shape index (κ1) is 21.2. The molecule has 2 aromatic heterocycles. The zero-order valence-corrected chi connectivity index (χ0v) is 17.9. The van der Waals surface area contributed by atoms with Crippen molar-refractivity contribution >= 4 is 45.9 Å². The minimum atomic E-state index is -0.602. The molecule has 0 spiro atoms. The molecule has 0 unspecified atom stereocenters. The Bertz CT molecular complexity index is 1270. The number of amides is 1. The number of methoxy groups -OCH3 is 1. The maximum Gasteiger partial charge on any atom is 0.269 e. The molecule has 10 heteroatoms. The predicted octanol–water partition coefficient (Wildman–Crippen LogP) is 3.47. The first-order valence-corrected chi connectivity index (χ1v) is 10.4. The van der Waals surface area contributed by atoms with Crippen molar-refractivity contribution in [3.63, 3.8) is 0 Å². The summed E-state index contributed by atoms with van der Waals surface area (Å²) in [4.78, 5) is 32.0. The van der Waals surface area contributed by atoms with Crippen molar-refractivity contribution in [3.05, 3.63) is 75.3 Å². The molecule has 158 valence electrons. The summed E-state index contributed by atoms with van der Waals surface area (Å²) in [6, 6.07) is 10.8. The first-order chi connectivity index (χ1) is 15.0. The van der Waals surface area contributed by atoms with E-state index in [0.29, 0.717) is 23.1 Å². The third kappa shape index (κ3) is 4.22. The highest BCUT2D eigenvalue weighted by molar-refractivity contribution is 8.26. The molecule has 4 rings (SSSR count). The number of benzene rings is 1. The number of ether oxygens (including phenoxy) is 2. The van der Waals surface area contributed by atoms with E-state index in [1.807, 2.05) is 0 Å². The van der Waals surface area contributed by atoms with Gasteiger partial charge in [0.1, 0.15) is 15.5 Å². The Kier molecular flexibility index (Phi) is 6.12. The summed E-state index contributed by atoms with van der Waals surface area (Å²) >= 11 is 6.35. The van der Waals surface area contributed by atoms with Gasteiger partial charge in [0.15, 0.2) is 11.6 Å². The van der Waals surface area contributed by atoms with E-state index in [4.69, 9.17) is 21.7 Å². The van der Waals surface area contributed by atoms with E-state index in [0.717, 1.165) is 11.8 Å². The Morgan fingerprint density at radius 3 is 2.74 bits per heavy atom. The lowest BCUT2D eigenvalue weighted by molar-refractivity contribution is -0.122. The average Bonchev–Trinajstić information content (AvgIpc) is 3.03. The average molecular weight is 458 g/mol. The summed E-state index contributed by atoms with van der Waals surface area (Å²) in [6.45, 7) is 0.619. The molecular formula is C21H16FN3O4S2. The second-order valence-electron chi connectivity index (χ2n) is 6.42. The summed E-state index contributed by atoms with van der Waals surface area (Å²) in [7, 11) is 1.53. The molecule has 0 N–H and O–H groups in total. The van der Waals surface area contributed by atoms with Crippen molar-refractivity contribution in [2.24, 2.45) is 0 Å². The third-order valence-corrected chi connectivity index (χ3v) is 5.82. The minimum Gasteiger partial charge on any atom is -0.435 e. The van der Waals surface area contributed by atoms with Crippen LogP contribution < -0.4 is 10.3 Å². The van der Waals surface area contributed by atoms with Gasteiger partial charge in [-0.1, -0.05) is 42.2 Å². The fourth-order valence-electron chi connectivity index (χ4n) is 2.92. The van der Waals surface area contributed by atoms with Crippen molar-refractivity contribution in [1.29, 1.82) is 0 Å². The second-order valence-corrected chi connectivity index (χ2v) is 8.10. The van der Waals surface area contributed by atoms with E-state index in [2.05, 4.69) is 4.98 Å². The van der Waals surface area contributed by atoms with Gasteiger partial charge in [-0.15, -0.1) is 0 Å². The number of para-hydroxylation sites is 1. The lowest BCUT2D eigenvalue weighted by atomic mass is 10.2. The van der Waals surface area contributed by atoms with Gasteiger partial charge >= 0.3 is 0 Å². The SMILES string of the molecule is COCCN1C(=O)/C(=C/c2c(Oc3ccccc3F)nc3ccccn3c2=O)SC1=S. The van der Waals surface area contributed by atoms with Crippen LogP contribution in [0.1, 0.15) is 5.56 Å². The van der Waals surface area contributed by atoms with Crippen LogP contribution >= 0.6 is 24.0 Å². The topological polar surface area (TPSA) is 73.1 Å². The van der Waals surface area contributed by atoms with Crippen molar-refractivity contribution in [2.45, 2.75) is 0 Å². The van der Waals surface area contributed by atoms with Crippen molar-refractivity contribution in [2.75, 3.05) is 20.3 Å². The molecule has 0 saturated carbocycles. The predicted molar refractivity (Wildman–Crippen MR) is 120 cm³/mol. The van der Waals surface area contributed by atoms with Gasteiger partial charge in [0.25, 0.3) is 11.5 Å². The van der Waals surface area contributed by atoms with Gasteiger partial charge in [-0.3, -0.25) is 18.9 Å². The van der Waals surface area contributed by atoms with Gasteiger partial charge in [-0.2, -0.15) is 4.98 Å². The third-order valence-electron chi connectivity index (χ3n) is 4.45. The molecule has 1 aromatic carbocycles. The van der Waals surface area contributed by atoms with E-state index in [1.54, 1.807) is 30.5 Å². The molecule has 1 amide bonds. The van der Waals surface area contributed by atoms with Crippen molar-refractivity contribution in [3.8, 4) is 11.6 Å². The molecule has 0 atom stereocenters. The molecule has 0 radical (unpaired) electrons. The summed E-state index contributed by atoms with van der Waals surface area (Å²) in [5, 5.41) is 0. The summed E-state index contributed by atoms with van der Waals surface area (Å²) in [5.74, 6) is -1.14. The maximum atomic E-state index is 14.2. The number of hydrogen-bond acceptors (Lipinski definition) is 7. The van der Waals surface area contributed by atoms with Crippen LogP contribution in [0, 0.1) is 5.82 Å². The van der Waals surface area contributed by atoms with Crippen molar-refractivity contribution in [1.82, 2.24) is 14.3 Å². The number of nitrogens with zero attached hydrogens (tertiary/aromatic N) is 3. The number of hydrogen-bond donors (Lipinski definition) is 0. The molecule has 31 heavy (non-hydrogen) atoms. The van der Waals surface area contributed by atoms with Crippen molar-refractivity contribution < 1.29 is 18.7 Å². The Hall–Kier alpha value is -3.08. The van der Waals surface area contributed by atoms with Crippen LogP contribution in [0.3, 0.4) is 0 Å². The fourth-order valence-corrected chi connectivity index (χ4v) is 4.21. The van der Waals surface area contributed by atoms with Gasteiger partial charge in [-0.25, -0.2) is 4.39 Å². The molecule has 1 aliphatic heterocycles. The second kappa shape index (κ2) is 8.96. The highest BCUT2D eigenvalue weighted by Crippen LogP contribution is 2.34. The lowest BCUT2D eigenvalue weighted by Crippen LogP contribution is -2.31. The summed E-state index contributed by atoms with van der Waals surface area (Å²) in [5.41, 5.74) is -0.123. The highest BCUT2D eigenvalue weighted by Gasteiger charge is 2.32. The quantitative estimate of drug-likeness (QED) is 0.415. The number of carbonyl (C=O) groups excluding carboxylic acids is 1. The zero-order chi connectivity index (χ0) is 22.0. The summed E-state index contributed by atoms with van der Waals surface area (Å²) < 4.78 is 26.5. The number of fused-ring (bicyclic) bond motifs is 1. The van der Waals surface area contributed by atoms with Gasteiger partial charge in [0, 0.05) is 13.3 Å². The molecule has 1 saturated heterocycles. The van der Waals surface area contributed by atoms with Crippen LogP contribution in [0.4, 0.5) is 4.39 Å². The Balaban J connectivity index is 1.83. The molecule has 3 aromatic rings. The van der Waals surface area contributed by atoms with Crippen LogP contribution in [-0.2, 0) is 9.53 Å². The van der Waals surface area contributed by atoms with Crippen LogP contribution in [-0.4, -0.2) is 44.8 Å². The number of pyridine rings is 1. The smallest absolute Gasteiger partial charge is 0.269 e. The molecule has 3 heterocycles. The van der Waals surface area contributed by atoms with E-state index in [-0.39, 0.29) is 28.0 Å². The number of aromatic nitrogens is 2. The van der Waals surface area contributed by atoms with E-state index >= 15 is 0 Å². The Morgan fingerprint density at radius 2 is 1.97 bits per heavy atom. The largest absolute Gasteiger partial charge is 0.435 e. The number of rotatable bonds is 6. The van der Waals surface area contributed by atoms with E-state index < -0.39 is 11.4 Å². The fraction of sp³-hybridized carbons (Fsp3) is 0.143. The van der Waals surface area contributed by atoms with Gasteiger partial charge in [0.05, 0.1) is 18.1 Å². The summed E-state index contributed by atoms with van der Waals surface area (Å²) in [6.07, 6.45) is 2.94. The van der Waals surface area contributed by atoms with Crippen LogP contribution in [0.2, 0.25) is 0 Å². The van der Waals surface area contributed by atoms with Crippen LogP contribution in [0.25, 0.3) is 11.7 Å². The standard InChI is InChI=1S/C21H16FN3O4S2/c1-28-11-10-25-20(27)16(31-21(25)30)12-13-18(29-15-7-3-2-6-14(15)22)23-17-8-4-5-9-24(17)19(13)26/h2-9,12H,10-11H2,1H3/b16-12-. The molecular weight excluding hydrogens is 441 g/mol. The molecule has 1 aliphatic rings. The minimum absolute atomic E-state index is 0.0131. The lowest BCUT2D eigenvalue weighted by Gasteiger charge is -2.13. The molecule has 0 bridgehead atoms. The normalized spacial score (nSPS) is 15.3. The number of carbonyl (C=O) groups is 1. The molecule has 0 aliphatic carbocycles.